The highest BCUT2D eigenvalue weighted by Gasteiger charge is 2.20. The average Bonchev–Trinajstić information content (AvgIpc) is 2.47. The first kappa shape index (κ1) is 16.3. The second-order valence-corrected chi connectivity index (χ2v) is 5.32. The lowest BCUT2D eigenvalue weighted by Gasteiger charge is -2.17. The number of hydrogen-bond acceptors (Lipinski definition) is 5. The van der Waals surface area contributed by atoms with Gasteiger partial charge in [-0.15, -0.1) is 0 Å². The number of methoxy groups -OCH3 is 1. The van der Waals surface area contributed by atoms with Crippen molar-refractivity contribution in [2.75, 3.05) is 18.6 Å². The molecule has 0 saturated heterocycles. The van der Waals surface area contributed by atoms with Crippen LogP contribution in [0.2, 0.25) is 0 Å². The van der Waals surface area contributed by atoms with Gasteiger partial charge in [0, 0.05) is 23.0 Å². The first-order chi connectivity index (χ1) is 10.9. The minimum absolute atomic E-state index is 0.346. The first-order valence-electron chi connectivity index (χ1n) is 6.98. The summed E-state index contributed by atoms with van der Waals surface area (Å²) in [6, 6.07) is 6.79. The largest absolute Gasteiger partial charge is 0.465 e. The zero-order valence-electron chi connectivity index (χ0n) is 13.3. The molecule has 0 amide bonds. The van der Waals surface area contributed by atoms with Crippen LogP contribution in [0.4, 0.5) is 11.4 Å². The average molecular weight is 310 g/mol. The molecule has 23 heavy (non-hydrogen) atoms. The molecule has 0 bridgehead atoms. The molecule has 0 aliphatic rings. The zero-order chi connectivity index (χ0) is 17.1. The van der Waals surface area contributed by atoms with E-state index in [0.29, 0.717) is 28.1 Å². The van der Waals surface area contributed by atoms with E-state index in [1.807, 2.05) is 13.8 Å². The van der Waals surface area contributed by atoms with E-state index in [1.54, 1.807) is 30.2 Å². The van der Waals surface area contributed by atoms with Gasteiger partial charge >= 0.3 is 5.97 Å². The molecule has 5 nitrogen and oxygen atoms in total. The highest BCUT2D eigenvalue weighted by atomic mass is 16.5. The number of benzene rings is 2. The number of hydrogen-bond donors (Lipinski definition) is 2. The number of rotatable bonds is 3. The van der Waals surface area contributed by atoms with Gasteiger partial charge in [0.1, 0.15) is 5.94 Å². The topological polar surface area (TPSA) is 95.4 Å². The number of carbonyl (C=O) groups excluding carboxylic acids is 2. The first-order valence-corrected chi connectivity index (χ1v) is 6.98. The summed E-state index contributed by atoms with van der Waals surface area (Å²) >= 11 is 0. The third-order valence-electron chi connectivity index (χ3n) is 3.62. The fraction of sp³-hybridized carbons (Fsp3) is 0.167. The molecule has 0 fully saturated rings. The second kappa shape index (κ2) is 6.38. The SMILES string of the molecule is COC(=O)c1cc(N)cc(C)c1-c1c(C)cc(N)cc1C=C=O. The number of nitrogen functional groups attached to an aromatic ring is 2. The smallest absolute Gasteiger partial charge is 0.338 e. The third kappa shape index (κ3) is 3.10. The summed E-state index contributed by atoms with van der Waals surface area (Å²) in [6.07, 6.45) is 1.30. The molecule has 0 aliphatic carbocycles. The molecular formula is C18H18N2O3. The molecule has 0 unspecified atom stereocenters. The quantitative estimate of drug-likeness (QED) is 0.516. The van der Waals surface area contributed by atoms with Crippen molar-refractivity contribution in [3.63, 3.8) is 0 Å². The molecule has 5 heteroatoms. The summed E-state index contributed by atoms with van der Waals surface area (Å²) in [4.78, 5) is 23.0. The standard InChI is InChI=1S/C18H18N2O3/c1-10-6-13(19)8-12(4-5-21)16(10)17-11(2)7-14(20)9-15(17)18(22)23-3/h4,6-9H,19-20H2,1-3H3. The van der Waals surface area contributed by atoms with Gasteiger partial charge in [0.25, 0.3) is 0 Å². The summed E-state index contributed by atoms with van der Waals surface area (Å²) in [7, 11) is 1.31. The molecule has 0 radical (unpaired) electrons. The van der Waals surface area contributed by atoms with E-state index in [9.17, 15) is 9.59 Å². The molecule has 2 rings (SSSR count). The minimum atomic E-state index is -0.493. The van der Waals surface area contributed by atoms with Crippen molar-refractivity contribution in [2.24, 2.45) is 0 Å². The van der Waals surface area contributed by atoms with Crippen LogP contribution in [0.3, 0.4) is 0 Å². The maximum atomic E-state index is 12.2. The van der Waals surface area contributed by atoms with E-state index in [-0.39, 0.29) is 0 Å². The highest BCUT2D eigenvalue weighted by Crippen LogP contribution is 2.36. The van der Waals surface area contributed by atoms with Crippen molar-refractivity contribution in [2.45, 2.75) is 13.8 Å². The molecule has 0 atom stereocenters. The van der Waals surface area contributed by atoms with E-state index >= 15 is 0 Å². The molecule has 0 spiro atoms. The van der Waals surface area contributed by atoms with Crippen LogP contribution in [-0.4, -0.2) is 19.0 Å². The van der Waals surface area contributed by atoms with Crippen molar-refractivity contribution in [3.05, 3.63) is 46.5 Å². The fourth-order valence-corrected chi connectivity index (χ4v) is 2.78. The summed E-state index contributed by atoms with van der Waals surface area (Å²) in [5.41, 5.74) is 16.7. The normalized spacial score (nSPS) is 10.0. The monoisotopic (exact) mass is 310 g/mol. The van der Waals surface area contributed by atoms with Crippen LogP contribution in [0.15, 0.2) is 24.3 Å². The summed E-state index contributed by atoms with van der Waals surface area (Å²) in [5, 5.41) is 0. The number of nitrogens with two attached hydrogens (primary N) is 2. The van der Waals surface area contributed by atoms with Gasteiger partial charge in [-0.2, -0.15) is 0 Å². The van der Waals surface area contributed by atoms with Gasteiger partial charge < -0.3 is 16.2 Å². The summed E-state index contributed by atoms with van der Waals surface area (Å²) in [6.45, 7) is 3.72. The highest BCUT2D eigenvalue weighted by molar-refractivity contribution is 6.02. The molecular weight excluding hydrogens is 292 g/mol. The van der Waals surface area contributed by atoms with Crippen molar-refractivity contribution in [3.8, 4) is 11.1 Å². The van der Waals surface area contributed by atoms with E-state index in [2.05, 4.69) is 0 Å². The lowest BCUT2D eigenvalue weighted by atomic mass is 9.88. The molecule has 0 aromatic heterocycles. The number of ether oxygens (including phenoxy) is 1. The van der Waals surface area contributed by atoms with Gasteiger partial charge in [0.05, 0.1) is 12.7 Å². The van der Waals surface area contributed by atoms with Crippen molar-refractivity contribution < 1.29 is 14.3 Å². The Kier molecular flexibility index (Phi) is 4.53. The van der Waals surface area contributed by atoms with E-state index in [4.69, 9.17) is 16.2 Å². The minimum Gasteiger partial charge on any atom is -0.465 e. The van der Waals surface area contributed by atoms with Gasteiger partial charge in [-0.1, -0.05) is 0 Å². The zero-order valence-corrected chi connectivity index (χ0v) is 13.3. The van der Waals surface area contributed by atoms with Crippen LogP contribution < -0.4 is 11.5 Å². The Morgan fingerprint density at radius 2 is 1.61 bits per heavy atom. The van der Waals surface area contributed by atoms with Gasteiger partial charge in [0.15, 0.2) is 0 Å². The Morgan fingerprint density at radius 3 is 2.17 bits per heavy atom. The molecule has 2 aromatic rings. The Morgan fingerprint density at radius 1 is 1.04 bits per heavy atom. The predicted octanol–water partition coefficient (Wildman–Crippen LogP) is 2.77. The fourth-order valence-electron chi connectivity index (χ4n) is 2.78. The van der Waals surface area contributed by atoms with Crippen LogP contribution in [0.1, 0.15) is 27.0 Å². The third-order valence-corrected chi connectivity index (χ3v) is 3.62. The Bertz CT molecular complexity index is 835. The molecule has 2 aromatic carbocycles. The molecule has 0 aliphatic heterocycles. The summed E-state index contributed by atoms with van der Waals surface area (Å²) < 4.78 is 4.87. The van der Waals surface area contributed by atoms with E-state index in [0.717, 1.165) is 16.7 Å². The van der Waals surface area contributed by atoms with Gasteiger partial charge in [-0.25, -0.2) is 9.59 Å². The lowest BCUT2D eigenvalue weighted by molar-refractivity contribution is 0.0601. The predicted molar refractivity (Wildman–Crippen MR) is 91.7 cm³/mol. The maximum absolute atomic E-state index is 12.2. The second-order valence-electron chi connectivity index (χ2n) is 5.32. The number of carbonyl (C=O) groups is 1. The van der Waals surface area contributed by atoms with Crippen molar-refractivity contribution >= 4 is 29.4 Å². The number of anilines is 2. The Balaban J connectivity index is 2.92. The van der Waals surface area contributed by atoms with Crippen LogP contribution in [0.5, 0.6) is 0 Å². The van der Waals surface area contributed by atoms with Gasteiger partial charge in [-0.05, 0) is 60.4 Å². The molecule has 0 heterocycles. The van der Waals surface area contributed by atoms with Crippen LogP contribution in [-0.2, 0) is 9.53 Å². The summed E-state index contributed by atoms with van der Waals surface area (Å²) in [5.74, 6) is 1.28. The van der Waals surface area contributed by atoms with Crippen LogP contribution >= 0.6 is 0 Å². The van der Waals surface area contributed by atoms with Crippen LogP contribution in [0, 0.1) is 13.8 Å². The van der Waals surface area contributed by atoms with Crippen molar-refractivity contribution in [1.82, 2.24) is 0 Å². The molecule has 0 saturated carbocycles. The molecule has 4 N–H and O–H groups in total. The molecule has 118 valence electrons. The van der Waals surface area contributed by atoms with E-state index in [1.165, 1.54) is 13.2 Å². The Labute approximate surface area is 134 Å². The Hall–Kier alpha value is -3.04. The van der Waals surface area contributed by atoms with Gasteiger partial charge in [0.2, 0.25) is 0 Å². The number of esters is 1. The van der Waals surface area contributed by atoms with Crippen LogP contribution in [0.25, 0.3) is 17.2 Å². The van der Waals surface area contributed by atoms with Crippen molar-refractivity contribution in [1.29, 1.82) is 0 Å². The van der Waals surface area contributed by atoms with E-state index < -0.39 is 5.97 Å². The van der Waals surface area contributed by atoms with Gasteiger partial charge in [-0.3, -0.25) is 0 Å². The lowest BCUT2D eigenvalue weighted by Crippen LogP contribution is -2.08. The maximum Gasteiger partial charge on any atom is 0.338 e. The number of aryl methyl sites for hydroxylation is 2.